The van der Waals surface area contributed by atoms with Crippen molar-refractivity contribution in [3.63, 3.8) is 0 Å². The second kappa shape index (κ2) is 3.89. The molecule has 1 aliphatic rings. The smallest absolute Gasteiger partial charge is 0.162 e. The summed E-state index contributed by atoms with van der Waals surface area (Å²) in [5.41, 5.74) is 11.6. The minimum absolute atomic E-state index is 0.188. The van der Waals surface area contributed by atoms with E-state index in [0.29, 0.717) is 5.69 Å². The van der Waals surface area contributed by atoms with E-state index in [1.165, 1.54) is 6.07 Å². The van der Waals surface area contributed by atoms with E-state index in [9.17, 15) is 4.39 Å². The summed E-state index contributed by atoms with van der Waals surface area (Å²) in [5.74, 6) is -0.245. The van der Waals surface area contributed by atoms with Gasteiger partial charge in [0.1, 0.15) is 5.82 Å². The van der Waals surface area contributed by atoms with Crippen LogP contribution in [0.4, 0.5) is 10.1 Å². The molecule has 6 heteroatoms. The molecule has 0 bridgehead atoms. The molecule has 0 unspecified atom stereocenters. The van der Waals surface area contributed by atoms with Crippen LogP contribution in [-0.4, -0.2) is 13.3 Å². The summed E-state index contributed by atoms with van der Waals surface area (Å²) in [4.78, 5) is 1.74. The molecule has 5 nitrogen and oxygen atoms in total. The molecule has 0 saturated carbocycles. The molecule has 1 heterocycles. The van der Waals surface area contributed by atoms with Gasteiger partial charge < -0.3 is 4.90 Å². The van der Waals surface area contributed by atoms with Gasteiger partial charge in [-0.1, -0.05) is 12.1 Å². The van der Waals surface area contributed by atoms with Crippen molar-refractivity contribution >= 4 is 5.69 Å². The highest BCUT2D eigenvalue weighted by molar-refractivity contribution is 5.47. The van der Waals surface area contributed by atoms with E-state index in [-0.39, 0.29) is 12.1 Å². The third kappa shape index (κ3) is 1.68. The number of hydrogen-bond donors (Lipinski definition) is 4. The first-order valence-electron chi connectivity index (χ1n) is 4.27. The van der Waals surface area contributed by atoms with Crippen molar-refractivity contribution in [2.45, 2.75) is 6.29 Å². The minimum Gasteiger partial charge on any atom is -0.342 e. The number of benzene rings is 1. The van der Waals surface area contributed by atoms with Crippen LogP contribution in [0.1, 0.15) is 0 Å². The van der Waals surface area contributed by atoms with Crippen molar-refractivity contribution in [1.82, 2.24) is 21.9 Å². The molecular formula is C8H12FN5. The van der Waals surface area contributed by atoms with E-state index in [0.717, 1.165) is 0 Å². The molecule has 0 aliphatic carbocycles. The Morgan fingerprint density at radius 2 is 1.86 bits per heavy atom. The number of hydrogen-bond acceptors (Lipinski definition) is 5. The topological polar surface area (TPSA) is 51.4 Å². The van der Waals surface area contributed by atoms with Gasteiger partial charge in [0.2, 0.25) is 0 Å². The zero-order valence-electron chi connectivity index (χ0n) is 7.71. The first-order chi connectivity index (χ1) is 6.79. The third-order valence-electron chi connectivity index (χ3n) is 2.10. The maximum Gasteiger partial charge on any atom is 0.162 e. The van der Waals surface area contributed by atoms with Crippen LogP contribution >= 0.6 is 0 Å². The van der Waals surface area contributed by atoms with Crippen molar-refractivity contribution in [3.8, 4) is 0 Å². The van der Waals surface area contributed by atoms with Gasteiger partial charge in [-0.2, -0.15) is 11.1 Å². The van der Waals surface area contributed by atoms with Crippen LogP contribution < -0.4 is 26.8 Å². The molecule has 0 atom stereocenters. The first kappa shape index (κ1) is 9.35. The van der Waals surface area contributed by atoms with Gasteiger partial charge in [-0.15, -0.1) is 0 Å². The summed E-state index contributed by atoms with van der Waals surface area (Å²) in [5, 5.41) is 0. The predicted molar refractivity (Wildman–Crippen MR) is 51.1 cm³/mol. The maximum absolute atomic E-state index is 13.4. The van der Waals surface area contributed by atoms with E-state index in [2.05, 4.69) is 21.9 Å². The molecule has 14 heavy (non-hydrogen) atoms. The largest absolute Gasteiger partial charge is 0.342 e. The summed E-state index contributed by atoms with van der Waals surface area (Å²) in [6.45, 7) is 0. The molecule has 1 aliphatic heterocycles. The Morgan fingerprint density at radius 3 is 2.50 bits per heavy atom. The number of para-hydroxylation sites is 1. The van der Waals surface area contributed by atoms with Gasteiger partial charge in [0.15, 0.2) is 6.29 Å². The Labute approximate surface area is 81.2 Å². The maximum atomic E-state index is 13.4. The number of nitrogens with one attached hydrogen (secondary N) is 4. The summed E-state index contributed by atoms with van der Waals surface area (Å²) < 4.78 is 13.4. The lowest BCUT2D eigenvalue weighted by Crippen LogP contribution is -2.48. The molecule has 0 aromatic heterocycles. The van der Waals surface area contributed by atoms with Crippen molar-refractivity contribution in [2.24, 2.45) is 0 Å². The predicted octanol–water partition coefficient (Wildman–Crippen LogP) is -0.338. The quantitative estimate of drug-likeness (QED) is 0.523. The van der Waals surface area contributed by atoms with Crippen molar-refractivity contribution < 1.29 is 4.39 Å². The van der Waals surface area contributed by atoms with Crippen molar-refractivity contribution in [1.29, 1.82) is 0 Å². The highest BCUT2D eigenvalue weighted by Gasteiger charge is 2.19. The summed E-state index contributed by atoms with van der Waals surface area (Å²) >= 11 is 0. The number of hydrazine groups is 3. The Balaban J connectivity index is 2.17. The zero-order valence-corrected chi connectivity index (χ0v) is 7.71. The lowest BCUT2D eigenvalue weighted by Gasteiger charge is -2.25. The molecule has 4 N–H and O–H groups in total. The third-order valence-corrected chi connectivity index (χ3v) is 2.10. The Morgan fingerprint density at radius 1 is 1.21 bits per heavy atom. The fourth-order valence-corrected chi connectivity index (χ4v) is 1.32. The van der Waals surface area contributed by atoms with Crippen LogP contribution in [-0.2, 0) is 0 Å². The number of anilines is 1. The molecule has 1 fully saturated rings. The molecular weight excluding hydrogens is 185 g/mol. The molecule has 2 rings (SSSR count). The summed E-state index contributed by atoms with van der Waals surface area (Å²) in [7, 11) is 1.79. The van der Waals surface area contributed by atoms with Gasteiger partial charge in [-0.05, 0) is 12.1 Å². The van der Waals surface area contributed by atoms with Crippen LogP contribution in [0.25, 0.3) is 0 Å². The van der Waals surface area contributed by atoms with Crippen molar-refractivity contribution in [2.75, 3.05) is 11.9 Å². The zero-order chi connectivity index (χ0) is 9.97. The van der Waals surface area contributed by atoms with Crippen LogP contribution in [0.15, 0.2) is 24.3 Å². The molecule has 1 saturated heterocycles. The van der Waals surface area contributed by atoms with Gasteiger partial charge >= 0.3 is 0 Å². The highest BCUT2D eigenvalue weighted by atomic mass is 19.1. The molecule has 76 valence electrons. The van der Waals surface area contributed by atoms with Crippen LogP contribution in [0, 0.1) is 5.82 Å². The molecule has 1 aromatic rings. The average Bonchev–Trinajstić information content (AvgIpc) is 2.70. The average molecular weight is 197 g/mol. The van der Waals surface area contributed by atoms with Gasteiger partial charge in [0, 0.05) is 7.05 Å². The van der Waals surface area contributed by atoms with Gasteiger partial charge in [0.05, 0.1) is 5.69 Å². The van der Waals surface area contributed by atoms with Crippen molar-refractivity contribution in [3.05, 3.63) is 30.1 Å². The number of rotatable bonds is 2. The van der Waals surface area contributed by atoms with Crippen LogP contribution in [0.3, 0.4) is 0 Å². The van der Waals surface area contributed by atoms with Crippen LogP contribution in [0.2, 0.25) is 0 Å². The van der Waals surface area contributed by atoms with Crippen LogP contribution in [0.5, 0.6) is 0 Å². The number of nitrogens with zero attached hydrogens (tertiary/aromatic N) is 1. The first-order valence-corrected chi connectivity index (χ1v) is 4.27. The highest BCUT2D eigenvalue weighted by Crippen LogP contribution is 2.17. The lowest BCUT2D eigenvalue weighted by atomic mass is 10.3. The van der Waals surface area contributed by atoms with E-state index < -0.39 is 0 Å². The SMILES string of the molecule is CN(c1ccccc1F)C1NNNN1. The lowest BCUT2D eigenvalue weighted by molar-refractivity contribution is 0.505. The normalized spacial score (nSPS) is 17.3. The molecule has 0 radical (unpaired) electrons. The standard InChI is InChI=1S/C8H12FN5/c1-14(8-10-12-13-11-8)7-5-3-2-4-6(7)9/h2-5,8,10-13H,1H3. The second-order valence-corrected chi connectivity index (χ2v) is 3.00. The van der Waals surface area contributed by atoms with E-state index >= 15 is 0 Å². The summed E-state index contributed by atoms with van der Waals surface area (Å²) in [6, 6.07) is 6.61. The van der Waals surface area contributed by atoms with E-state index in [4.69, 9.17) is 0 Å². The monoisotopic (exact) mass is 197 g/mol. The molecule has 0 amide bonds. The van der Waals surface area contributed by atoms with E-state index in [1.807, 2.05) is 0 Å². The second-order valence-electron chi connectivity index (χ2n) is 3.00. The minimum atomic E-state index is -0.245. The fourth-order valence-electron chi connectivity index (χ4n) is 1.32. The Kier molecular flexibility index (Phi) is 2.60. The fraction of sp³-hybridized carbons (Fsp3) is 0.250. The summed E-state index contributed by atoms with van der Waals surface area (Å²) in [6.07, 6.45) is -0.188. The molecule has 1 aromatic carbocycles. The Hall–Kier alpha value is -1.21. The van der Waals surface area contributed by atoms with E-state index in [1.54, 1.807) is 30.1 Å². The van der Waals surface area contributed by atoms with Gasteiger partial charge in [-0.25, -0.2) is 15.2 Å². The van der Waals surface area contributed by atoms with Gasteiger partial charge in [-0.3, -0.25) is 0 Å². The molecule has 0 spiro atoms. The van der Waals surface area contributed by atoms with Gasteiger partial charge in [0.25, 0.3) is 0 Å². The Bertz CT molecular complexity index is 312. The number of halogens is 1.